The smallest absolute Gasteiger partial charge is 0.369 e. The van der Waals surface area contributed by atoms with Gasteiger partial charge in [0.05, 0.1) is 12.2 Å². The van der Waals surface area contributed by atoms with Gasteiger partial charge >= 0.3 is 6.18 Å². The van der Waals surface area contributed by atoms with Gasteiger partial charge in [0.2, 0.25) is 11.9 Å². The van der Waals surface area contributed by atoms with E-state index in [4.69, 9.17) is 0 Å². The number of rotatable bonds is 7. The summed E-state index contributed by atoms with van der Waals surface area (Å²) in [7, 11) is -3.21. The first kappa shape index (κ1) is 20.8. The van der Waals surface area contributed by atoms with Gasteiger partial charge in [-0.3, -0.25) is 4.79 Å². The largest absolute Gasteiger partial charge is 0.421 e. The van der Waals surface area contributed by atoms with E-state index in [0.717, 1.165) is 11.8 Å². The third-order valence-electron chi connectivity index (χ3n) is 4.06. The molecule has 0 atom stereocenters. The highest BCUT2D eigenvalue weighted by atomic mass is 32.2. The van der Waals surface area contributed by atoms with Crippen molar-refractivity contribution in [2.75, 3.05) is 34.5 Å². The summed E-state index contributed by atoms with van der Waals surface area (Å²) in [6, 6.07) is 5.01. The molecule has 2 aromatic rings. The predicted octanol–water partition coefficient (Wildman–Crippen LogP) is 2.58. The van der Waals surface area contributed by atoms with E-state index in [1.165, 1.54) is 0 Å². The number of nitrogens with zero attached hydrogens (tertiary/aromatic N) is 2. The van der Waals surface area contributed by atoms with Gasteiger partial charge < -0.3 is 16.0 Å². The first-order valence-electron chi connectivity index (χ1n) is 8.57. The minimum Gasteiger partial charge on any atom is -0.369 e. The summed E-state index contributed by atoms with van der Waals surface area (Å²) in [4.78, 5) is 19.0. The number of sulfone groups is 1. The lowest BCUT2D eigenvalue weighted by molar-refractivity contribution is -0.137. The van der Waals surface area contributed by atoms with E-state index in [1.807, 2.05) is 0 Å². The fourth-order valence-corrected chi connectivity index (χ4v) is 3.43. The summed E-state index contributed by atoms with van der Waals surface area (Å²) in [6.45, 7) is -0.000764. The number of amides is 1. The predicted molar refractivity (Wildman–Crippen MR) is 102 cm³/mol. The summed E-state index contributed by atoms with van der Waals surface area (Å²) >= 11 is 0. The molecule has 156 valence electrons. The Kier molecular flexibility index (Phi) is 5.64. The minimum absolute atomic E-state index is 0.000764. The van der Waals surface area contributed by atoms with Crippen molar-refractivity contribution in [3.63, 3.8) is 0 Å². The van der Waals surface area contributed by atoms with Crippen molar-refractivity contribution in [3.05, 3.63) is 35.5 Å². The van der Waals surface area contributed by atoms with E-state index >= 15 is 0 Å². The molecule has 0 bridgehead atoms. The molecule has 0 saturated carbocycles. The number of aromatic nitrogens is 2. The molecular formula is C17H18F3N5O3S. The van der Waals surface area contributed by atoms with Crippen molar-refractivity contribution in [1.29, 1.82) is 0 Å². The van der Waals surface area contributed by atoms with Crippen molar-refractivity contribution in [2.45, 2.75) is 19.0 Å². The van der Waals surface area contributed by atoms with Crippen molar-refractivity contribution < 1.29 is 26.4 Å². The number of hydrogen-bond acceptors (Lipinski definition) is 7. The third-order valence-corrected chi connectivity index (χ3v) is 5.10. The highest BCUT2D eigenvalue weighted by molar-refractivity contribution is 7.90. The summed E-state index contributed by atoms with van der Waals surface area (Å²) in [5.41, 5.74) is 0.905. The minimum atomic E-state index is -4.67. The fourth-order valence-electron chi connectivity index (χ4n) is 2.76. The van der Waals surface area contributed by atoms with Crippen LogP contribution in [0.4, 0.5) is 36.3 Å². The second kappa shape index (κ2) is 7.85. The number of fused-ring (bicyclic) bond motifs is 1. The number of alkyl halides is 3. The molecule has 8 nitrogen and oxygen atoms in total. The van der Waals surface area contributed by atoms with Crippen molar-refractivity contribution in [1.82, 2.24) is 9.97 Å². The molecule has 0 saturated heterocycles. The summed E-state index contributed by atoms with van der Waals surface area (Å²) in [5, 5.41) is 8.04. The Hall–Kier alpha value is -2.89. The van der Waals surface area contributed by atoms with Gasteiger partial charge in [-0.2, -0.15) is 18.2 Å². The van der Waals surface area contributed by atoms with Crippen LogP contribution in [0.2, 0.25) is 0 Å². The number of anilines is 4. The van der Waals surface area contributed by atoms with Gasteiger partial charge in [-0.1, -0.05) is 0 Å². The van der Waals surface area contributed by atoms with Crippen LogP contribution in [0, 0.1) is 0 Å². The topological polar surface area (TPSA) is 113 Å². The molecule has 0 spiro atoms. The summed E-state index contributed by atoms with van der Waals surface area (Å²) in [5.74, 6) is -0.801. The molecule has 0 radical (unpaired) electrons. The van der Waals surface area contributed by atoms with Gasteiger partial charge in [-0.05, 0) is 30.2 Å². The van der Waals surface area contributed by atoms with E-state index < -0.39 is 27.4 Å². The highest BCUT2D eigenvalue weighted by Gasteiger charge is 2.35. The van der Waals surface area contributed by atoms with E-state index in [0.29, 0.717) is 17.6 Å². The number of halogens is 3. The van der Waals surface area contributed by atoms with Crippen LogP contribution in [0.5, 0.6) is 0 Å². The standard InChI is InChI=1S/C17H18F3N5O3S/c1-29(27,28)6-2-5-21-15-12(17(18,19)20)9-22-16(25-15)23-11-3-4-13-10(7-11)8-14(26)24-13/h3-4,7,9H,2,5-6,8H2,1H3,(H,24,26)(H2,21,22,23,25). The van der Waals surface area contributed by atoms with E-state index in [-0.39, 0.29) is 37.0 Å². The van der Waals surface area contributed by atoms with Gasteiger partial charge in [-0.15, -0.1) is 0 Å². The maximum atomic E-state index is 13.2. The Morgan fingerprint density at radius 1 is 1.28 bits per heavy atom. The average molecular weight is 429 g/mol. The van der Waals surface area contributed by atoms with Crippen molar-refractivity contribution >= 4 is 38.9 Å². The van der Waals surface area contributed by atoms with Crippen LogP contribution in [0.3, 0.4) is 0 Å². The summed E-state index contributed by atoms with van der Waals surface area (Å²) < 4.78 is 62.0. The average Bonchev–Trinajstić information content (AvgIpc) is 2.96. The molecule has 1 amide bonds. The van der Waals surface area contributed by atoms with Crippen LogP contribution < -0.4 is 16.0 Å². The number of benzene rings is 1. The van der Waals surface area contributed by atoms with Crippen LogP contribution in [-0.4, -0.2) is 42.8 Å². The normalized spacial score (nSPS) is 13.7. The number of carbonyl (C=O) groups is 1. The molecule has 2 heterocycles. The number of nitrogens with one attached hydrogen (secondary N) is 3. The van der Waals surface area contributed by atoms with E-state index in [9.17, 15) is 26.4 Å². The molecule has 3 N–H and O–H groups in total. The molecular weight excluding hydrogens is 411 g/mol. The first-order chi connectivity index (χ1) is 13.5. The van der Waals surface area contributed by atoms with Gasteiger partial charge in [0, 0.05) is 30.4 Å². The lowest BCUT2D eigenvalue weighted by Gasteiger charge is -2.15. The van der Waals surface area contributed by atoms with E-state index in [2.05, 4.69) is 25.9 Å². The first-order valence-corrected chi connectivity index (χ1v) is 10.6. The van der Waals surface area contributed by atoms with Crippen LogP contribution in [0.15, 0.2) is 24.4 Å². The van der Waals surface area contributed by atoms with Crippen LogP contribution in [-0.2, 0) is 27.2 Å². The SMILES string of the molecule is CS(=O)(=O)CCCNc1nc(Nc2ccc3c(c2)CC(=O)N3)ncc1C(F)(F)F. The third kappa shape index (κ3) is 5.56. The Bertz CT molecular complexity index is 1040. The van der Waals surface area contributed by atoms with Gasteiger partial charge in [0.25, 0.3) is 0 Å². The van der Waals surface area contributed by atoms with Gasteiger partial charge in [0.1, 0.15) is 21.2 Å². The summed E-state index contributed by atoms with van der Waals surface area (Å²) in [6.07, 6.45) is -2.61. The quantitative estimate of drug-likeness (QED) is 0.580. The van der Waals surface area contributed by atoms with Crippen LogP contribution in [0.25, 0.3) is 0 Å². The monoisotopic (exact) mass is 429 g/mol. The zero-order chi connectivity index (χ0) is 21.2. The molecule has 29 heavy (non-hydrogen) atoms. The number of carbonyl (C=O) groups excluding carboxylic acids is 1. The number of hydrogen-bond donors (Lipinski definition) is 3. The molecule has 3 rings (SSSR count). The molecule has 1 aromatic heterocycles. The zero-order valence-electron chi connectivity index (χ0n) is 15.3. The molecule has 1 aromatic carbocycles. The van der Waals surface area contributed by atoms with Gasteiger partial charge in [0.15, 0.2) is 0 Å². The second-order valence-electron chi connectivity index (χ2n) is 6.59. The van der Waals surface area contributed by atoms with Crippen LogP contribution in [0.1, 0.15) is 17.5 Å². The Morgan fingerprint density at radius 2 is 2.03 bits per heavy atom. The molecule has 12 heteroatoms. The van der Waals surface area contributed by atoms with Crippen LogP contribution >= 0.6 is 0 Å². The Balaban J connectivity index is 1.77. The maximum Gasteiger partial charge on any atom is 0.421 e. The van der Waals surface area contributed by atoms with Gasteiger partial charge in [-0.25, -0.2) is 13.4 Å². The van der Waals surface area contributed by atoms with Crippen molar-refractivity contribution in [3.8, 4) is 0 Å². The molecule has 0 aliphatic carbocycles. The maximum absolute atomic E-state index is 13.2. The second-order valence-corrected chi connectivity index (χ2v) is 8.85. The van der Waals surface area contributed by atoms with E-state index in [1.54, 1.807) is 18.2 Å². The molecule has 1 aliphatic rings. The molecule has 0 fully saturated rings. The Labute approximate surface area is 164 Å². The Morgan fingerprint density at radius 3 is 2.72 bits per heavy atom. The van der Waals surface area contributed by atoms with Crippen molar-refractivity contribution in [2.24, 2.45) is 0 Å². The lowest BCUT2D eigenvalue weighted by Crippen LogP contribution is -2.16. The fraction of sp³-hybridized carbons (Fsp3) is 0.353. The highest BCUT2D eigenvalue weighted by Crippen LogP contribution is 2.34. The molecule has 0 unspecified atom stereocenters. The lowest BCUT2D eigenvalue weighted by atomic mass is 10.1. The zero-order valence-corrected chi connectivity index (χ0v) is 16.1. The molecule has 1 aliphatic heterocycles.